The molecular weight excluding hydrogens is 246 g/mol. The van der Waals surface area contributed by atoms with Crippen LogP contribution < -0.4 is 4.74 Å². The molecule has 19 heavy (non-hydrogen) atoms. The average molecular weight is 265 g/mol. The smallest absolute Gasteiger partial charge is 0.312 e. The lowest BCUT2D eigenvalue weighted by atomic mass is 10.2. The fourth-order valence-corrected chi connectivity index (χ4v) is 1.57. The Bertz CT molecular complexity index is 439. The molecule has 0 bridgehead atoms. The zero-order valence-corrected chi connectivity index (χ0v) is 11.4. The zero-order valence-electron chi connectivity index (χ0n) is 11.4. The van der Waals surface area contributed by atoms with Crippen molar-refractivity contribution in [2.45, 2.75) is 32.9 Å². The molecule has 0 saturated heterocycles. The van der Waals surface area contributed by atoms with E-state index in [4.69, 9.17) is 9.84 Å². The number of hydrogen-bond acceptors (Lipinski definition) is 3. The van der Waals surface area contributed by atoms with E-state index in [0.717, 1.165) is 11.3 Å². The van der Waals surface area contributed by atoms with E-state index in [1.54, 1.807) is 7.05 Å². The molecule has 0 fully saturated rings. The lowest BCUT2D eigenvalue weighted by Crippen LogP contribution is -2.28. The molecule has 0 heterocycles. The van der Waals surface area contributed by atoms with E-state index in [9.17, 15) is 9.59 Å². The Balaban J connectivity index is 2.57. The molecule has 5 nitrogen and oxygen atoms in total. The maximum absolute atomic E-state index is 11.5. The third-order valence-electron chi connectivity index (χ3n) is 2.44. The van der Waals surface area contributed by atoms with Crippen molar-refractivity contribution in [3.63, 3.8) is 0 Å². The lowest BCUT2D eigenvalue weighted by Gasteiger charge is -2.16. The number of benzene rings is 1. The maximum Gasteiger partial charge on any atom is 0.312 e. The van der Waals surface area contributed by atoms with Gasteiger partial charge in [-0.1, -0.05) is 12.1 Å². The van der Waals surface area contributed by atoms with Gasteiger partial charge in [-0.05, 0) is 31.5 Å². The molecule has 0 aliphatic rings. The van der Waals surface area contributed by atoms with Crippen LogP contribution in [0.25, 0.3) is 0 Å². The molecule has 0 spiro atoms. The van der Waals surface area contributed by atoms with Crippen molar-refractivity contribution in [2.75, 3.05) is 7.05 Å². The minimum Gasteiger partial charge on any atom is -0.491 e. The molecule has 1 N–H and O–H groups in total. The van der Waals surface area contributed by atoms with Gasteiger partial charge in [0, 0.05) is 13.6 Å². The first kappa shape index (κ1) is 15.0. The Labute approximate surface area is 112 Å². The zero-order chi connectivity index (χ0) is 14.4. The van der Waals surface area contributed by atoms with Gasteiger partial charge in [-0.15, -0.1) is 0 Å². The van der Waals surface area contributed by atoms with Crippen LogP contribution in [0.4, 0.5) is 0 Å². The van der Waals surface area contributed by atoms with Crippen molar-refractivity contribution in [2.24, 2.45) is 0 Å². The molecule has 0 unspecified atom stereocenters. The van der Waals surface area contributed by atoms with Crippen LogP contribution in [0.5, 0.6) is 5.75 Å². The number of carbonyl (C=O) groups excluding carboxylic acids is 1. The first-order chi connectivity index (χ1) is 8.88. The molecule has 0 radical (unpaired) electrons. The molecule has 1 aromatic carbocycles. The van der Waals surface area contributed by atoms with E-state index in [2.05, 4.69) is 0 Å². The summed E-state index contributed by atoms with van der Waals surface area (Å²) in [6, 6.07) is 7.40. The molecule has 1 rings (SSSR count). The predicted octanol–water partition coefficient (Wildman–Crippen LogP) is 1.91. The van der Waals surface area contributed by atoms with Gasteiger partial charge >= 0.3 is 5.97 Å². The summed E-state index contributed by atoms with van der Waals surface area (Å²) in [5.74, 6) is -0.745. The number of carboxylic acids is 1. The molecule has 0 aliphatic heterocycles. The summed E-state index contributed by atoms with van der Waals surface area (Å²) >= 11 is 0. The number of rotatable bonds is 6. The number of aliphatic carboxylic acids is 1. The van der Waals surface area contributed by atoms with Crippen LogP contribution >= 0.6 is 0 Å². The molecule has 0 aliphatic carbocycles. The predicted molar refractivity (Wildman–Crippen MR) is 70.9 cm³/mol. The van der Waals surface area contributed by atoms with E-state index in [1.807, 2.05) is 38.1 Å². The molecule has 0 aromatic heterocycles. The molecule has 104 valence electrons. The highest BCUT2D eigenvalue weighted by atomic mass is 16.5. The molecule has 1 amide bonds. The first-order valence-corrected chi connectivity index (χ1v) is 6.10. The molecule has 1 aromatic rings. The van der Waals surface area contributed by atoms with Crippen molar-refractivity contribution in [1.82, 2.24) is 4.90 Å². The van der Waals surface area contributed by atoms with Gasteiger partial charge < -0.3 is 14.7 Å². The SMILES string of the molecule is CC(C)Oc1ccc(CN(C)C(=O)CC(=O)O)cc1. The Morgan fingerprint density at radius 1 is 1.26 bits per heavy atom. The summed E-state index contributed by atoms with van der Waals surface area (Å²) in [5, 5.41) is 8.56. The van der Waals surface area contributed by atoms with Gasteiger partial charge in [0.1, 0.15) is 12.2 Å². The normalized spacial score (nSPS) is 10.3. The summed E-state index contributed by atoms with van der Waals surface area (Å²) in [6.07, 6.45) is -0.365. The second kappa shape index (κ2) is 6.78. The van der Waals surface area contributed by atoms with Crippen molar-refractivity contribution in [3.05, 3.63) is 29.8 Å². The number of nitrogens with zero attached hydrogens (tertiary/aromatic N) is 1. The van der Waals surface area contributed by atoms with Crippen LogP contribution in [0.2, 0.25) is 0 Å². The summed E-state index contributed by atoms with van der Waals surface area (Å²) in [7, 11) is 1.59. The molecular formula is C14H19NO4. The van der Waals surface area contributed by atoms with Crippen LogP contribution in [-0.2, 0) is 16.1 Å². The average Bonchev–Trinajstić information content (AvgIpc) is 2.30. The first-order valence-electron chi connectivity index (χ1n) is 6.10. The van der Waals surface area contributed by atoms with Crippen molar-refractivity contribution in [3.8, 4) is 5.75 Å². The molecule has 0 saturated carbocycles. The van der Waals surface area contributed by atoms with Crippen LogP contribution in [0.3, 0.4) is 0 Å². The van der Waals surface area contributed by atoms with Gasteiger partial charge in [0.05, 0.1) is 6.10 Å². The minimum atomic E-state index is -1.11. The number of carboxylic acid groups (broad SMARTS) is 1. The highest BCUT2D eigenvalue weighted by Crippen LogP contribution is 2.15. The second-order valence-corrected chi connectivity index (χ2v) is 4.63. The third-order valence-corrected chi connectivity index (χ3v) is 2.44. The molecule has 5 heteroatoms. The van der Waals surface area contributed by atoms with Crippen molar-refractivity contribution < 1.29 is 19.4 Å². The number of carbonyl (C=O) groups is 2. The van der Waals surface area contributed by atoms with Crippen LogP contribution in [0, 0.1) is 0 Å². The maximum atomic E-state index is 11.5. The van der Waals surface area contributed by atoms with Gasteiger partial charge in [0.25, 0.3) is 0 Å². The van der Waals surface area contributed by atoms with E-state index in [1.165, 1.54) is 4.90 Å². The van der Waals surface area contributed by atoms with Gasteiger partial charge in [-0.3, -0.25) is 9.59 Å². The van der Waals surface area contributed by atoms with Crippen LogP contribution in [0.1, 0.15) is 25.8 Å². The Morgan fingerprint density at radius 2 is 1.84 bits per heavy atom. The number of amides is 1. The topological polar surface area (TPSA) is 66.8 Å². The second-order valence-electron chi connectivity index (χ2n) is 4.63. The van der Waals surface area contributed by atoms with E-state index in [0.29, 0.717) is 6.54 Å². The summed E-state index contributed by atoms with van der Waals surface area (Å²) in [5.41, 5.74) is 0.928. The lowest BCUT2D eigenvalue weighted by molar-refractivity contribution is -0.143. The third kappa shape index (κ3) is 5.42. The van der Waals surface area contributed by atoms with Crippen molar-refractivity contribution in [1.29, 1.82) is 0 Å². The molecule has 0 atom stereocenters. The largest absolute Gasteiger partial charge is 0.491 e. The Hall–Kier alpha value is -2.04. The quantitative estimate of drug-likeness (QED) is 0.798. The fourth-order valence-electron chi connectivity index (χ4n) is 1.57. The van der Waals surface area contributed by atoms with E-state index < -0.39 is 18.3 Å². The standard InChI is InChI=1S/C14H19NO4/c1-10(2)19-12-6-4-11(5-7-12)9-15(3)13(16)8-14(17)18/h4-7,10H,8-9H2,1-3H3,(H,17,18). The van der Waals surface area contributed by atoms with E-state index in [-0.39, 0.29) is 6.10 Å². The number of hydrogen-bond donors (Lipinski definition) is 1. The summed E-state index contributed by atoms with van der Waals surface area (Å²) in [6.45, 7) is 4.28. The Morgan fingerprint density at radius 3 is 2.32 bits per heavy atom. The minimum absolute atomic E-state index is 0.116. The fraction of sp³-hybridized carbons (Fsp3) is 0.429. The van der Waals surface area contributed by atoms with Gasteiger partial charge in [0.2, 0.25) is 5.91 Å². The van der Waals surface area contributed by atoms with Gasteiger partial charge in [0.15, 0.2) is 0 Å². The van der Waals surface area contributed by atoms with Gasteiger partial charge in [-0.2, -0.15) is 0 Å². The highest BCUT2D eigenvalue weighted by Gasteiger charge is 2.13. The monoisotopic (exact) mass is 265 g/mol. The van der Waals surface area contributed by atoms with Gasteiger partial charge in [-0.25, -0.2) is 0 Å². The summed E-state index contributed by atoms with van der Waals surface area (Å²) in [4.78, 5) is 23.3. The van der Waals surface area contributed by atoms with Crippen LogP contribution in [0.15, 0.2) is 24.3 Å². The number of ether oxygens (including phenoxy) is 1. The highest BCUT2D eigenvalue weighted by molar-refractivity contribution is 5.93. The van der Waals surface area contributed by atoms with Crippen molar-refractivity contribution >= 4 is 11.9 Å². The Kier molecular flexibility index (Phi) is 5.36. The van der Waals surface area contributed by atoms with E-state index >= 15 is 0 Å². The summed E-state index contributed by atoms with van der Waals surface area (Å²) < 4.78 is 5.52. The van der Waals surface area contributed by atoms with Crippen LogP contribution in [-0.4, -0.2) is 35.0 Å².